The van der Waals surface area contributed by atoms with Gasteiger partial charge in [-0.3, -0.25) is 9.80 Å². The van der Waals surface area contributed by atoms with E-state index in [2.05, 4.69) is 15.9 Å². The highest BCUT2D eigenvalue weighted by Gasteiger charge is 2.51. The van der Waals surface area contributed by atoms with E-state index in [-0.39, 0.29) is 18.8 Å². The molecule has 1 N–H and O–H groups in total. The Morgan fingerprint density at radius 3 is 2.66 bits per heavy atom. The number of aliphatic hydroxyl groups is 1. The maximum Gasteiger partial charge on any atom is 0.231 e. The lowest BCUT2D eigenvalue weighted by Crippen LogP contribution is -2.36. The number of methoxy groups -OCH3 is 1. The molecule has 2 fully saturated rings. The number of benzene rings is 1. The summed E-state index contributed by atoms with van der Waals surface area (Å²) in [5, 5.41) is 10.3. The second kappa shape index (κ2) is 7.63. The van der Waals surface area contributed by atoms with E-state index in [0.717, 1.165) is 54.9 Å². The molecule has 0 amide bonds. The molecule has 2 saturated heterocycles. The minimum atomic E-state index is -0.0541. The second-order valence-electron chi connectivity index (χ2n) is 8.29. The molecule has 2 unspecified atom stereocenters. The normalized spacial score (nSPS) is 26.2. The van der Waals surface area contributed by atoms with E-state index in [0.29, 0.717) is 17.4 Å². The van der Waals surface area contributed by atoms with E-state index in [1.165, 1.54) is 4.88 Å². The number of fused-ring (bicyclic) bond motifs is 2. The molecule has 0 saturated carbocycles. The van der Waals surface area contributed by atoms with Crippen LogP contribution >= 0.6 is 22.9 Å². The quantitative estimate of drug-likeness (QED) is 0.751. The van der Waals surface area contributed by atoms with Gasteiger partial charge in [-0.2, -0.15) is 0 Å². The molecular weight excluding hydrogens is 412 g/mol. The molecule has 1 aromatic heterocycles. The Balaban J connectivity index is 1.27. The fraction of sp³-hybridized carbons (Fsp3) is 0.524. The zero-order valence-corrected chi connectivity index (χ0v) is 18.0. The first-order valence-corrected chi connectivity index (χ1v) is 11.0. The van der Waals surface area contributed by atoms with Crippen molar-refractivity contribution in [3.63, 3.8) is 0 Å². The van der Waals surface area contributed by atoms with Crippen molar-refractivity contribution in [2.75, 3.05) is 46.7 Å². The van der Waals surface area contributed by atoms with Crippen LogP contribution in [0, 0.1) is 11.3 Å². The molecule has 0 spiro atoms. The minimum Gasteiger partial charge on any atom is -0.493 e. The van der Waals surface area contributed by atoms with Crippen LogP contribution in [0.5, 0.6) is 17.2 Å². The molecule has 0 radical (unpaired) electrons. The summed E-state index contributed by atoms with van der Waals surface area (Å²) < 4.78 is 17.4. The number of hydrogen-bond acceptors (Lipinski definition) is 7. The molecule has 6 nitrogen and oxygen atoms in total. The van der Waals surface area contributed by atoms with Crippen LogP contribution in [-0.4, -0.2) is 61.6 Å². The Bertz CT molecular complexity index is 907. The van der Waals surface area contributed by atoms with Gasteiger partial charge in [-0.05, 0) is 35.7 Å². The van der Waals surface area contributed by atoms with E-state index in [9.17, 15) is 5.11 Å². The van der Waals surface area contributed by atoms with Crippen LogP contribution in [0.3, 0.4) is 0 Å². The number of thiophene rings is 1. The molecule has 4 heterocycles. The van der Waals surface area contributed by atoms with E-state index in [1.54, 1.807) is 18.4 Å². The third-order valence-electron chi connectivity index (χ3n) is 6.35. The summed E-state index contributed by atoms with van der Waals surface area (Å²) in [6, 6.07) is 8.13. The molecule has 0 bridgehead atoms. The average molecular weight is 437 g/mol. The molecule has 0 aliphatic carbocycles. The third-order valence-corrected chi connectivity index (χ3v) is 7.56. The Hall–Kier alpha value is -1.51. The van der Waals surface area contributed by atoms with Gasteiger partial charge >= 0.3 is 0 Å². The number of nitrogens with zero attached hydrogens (tertiary/aromatic N) is 2. The van der Waals surface area contributed by atoms with Gasteiger partial charge in [0.15, 0.2) is 11.5 Å². The molecule has 8 heteroatoms. The van der Waals surface area contributed by atoms with E-state index in [1.807, 2.05) is 18.2 Å². The zero-order valence-electron chi connectivity index (χ0n) is 16.4. The number of halogens is 1. The van der Waals surface area contributed by atoms with Gasteiger partial charge in [0.05, 0.1) is 18.1 Å². The van der Waals surface area contributed by atoms with Crippen LogP contribution in [-0.2, 0) is 13.1 Å². The Kier molecular flexibility index (Phi) is 5.12. The summed E-state index contributed by atoms with van der Waals surface area (Å²) in [5.41, 5.74) is 1.09. The SMILES string of the molecule is COc1cc(CN2CC3CN(Cc4ccc(Cl)s4)CC3(CO)C2)cc2c1OCO2. The van der Waals surface area contributed by atoms with Crippen molar-refractivity contribution in [2.45, 2.75) is 13.1 Å². The zero-order chi connectivity index (χ0) is 20.0. The van der Waals surface area contributed by atoms with Gasteiger partial charge in [0, 0.05) is 49.6 Å². The third kappa shape index (κ3) is 3.59. The first-order chi connectivity index (χ1) is 14.1. The summed E-state index contributed by atoms with van der Waals surface area (Å²) in [6.07, 6.45) is 0. The highest BCUT2D eigenvalue weighted by molar-refractivity contribution is 7.16. The molecular formula is C21H25ClN2O4S. The van der Waals surface area contributed by atoms with Crippen LogP contribution in [0.15, 0.2) is 24.3 Å². The first kappa shape index (κ1) is 19.5. The van der Waals surface area contributed by atoms with Crippen molar-refractivity contribution >= 4 is 22.9 Å². The Labute approximate surface area is 179 Å². The predicted octanol–water partition coefficient (Wildman–Crippen LogP) is 3.07. The molecule has 5 rings (SSSR count). The fourth-order valence-electron chi connectivity index (χ4n) is 5.06. The summed E-state index contributed by atoms with van der Waals surface area (Å²) in [7, 11) is 1.65. The lowest BCUT2D eigenvalue weighted by atomic mass is 9.82. The lowest BCUT2D eigenvalue weighted by Gasteiger charge is -2.27. The van der Waals surface area contributed by atoms with Gasteiger partial charge in [0.2, 0.25) is 12.5 Å². The van der Waals surface area contributed by atoms with Crippen molar-refractivity contribution in [1.82, 2.24) is 9.80 Å². The molecule has 2 aromatic rings. The van der Waals surface area contributed by atoms with Crippen LogP contribution in [0.25, 0.3) is 0 Å². The number of aliphatic hydroxyl groups excluding tert-OH is 1. The lowest BCUT2D eigenvalue weighted by molar-refractivity contribution is 0.110. The van der Waals surface area contributed by atoms with Gasteiger partial charge in [0.1, 0.15) is 0 Å². The van der Waals surface area contributed by atoms with E-state index in [4.69, 9.17) is 25.8 Å². The predicted molar refractivity (Wildman–Crippen MR) is 112 cm³/mol. The standard InChI is InChI=1S/C21H25ClN2O4S/c1-26-17-4-14(5-18-20(17)28-13-27-18)6-23-7-15-8-24(11-21(15,10-23)12-25)9-16-2-3-19(22)29-16/h2-5,15,25H,6-13H2,1H3. The van der Waals surface area contributed by atoms with Gasteiger partial charge in [-0.15, -0.1) is 11.3 Å². The highest BCUT2D eigenvalue weighted by Crippen LogP contribution is 2.45. The summed E-state index contributed by atoms with van der Waals surface area (Å²) in [6.45, 7) is 5.99. The summed E-state index contributed by atoms with van der Waals surface area (Å²) in [5.74, 6) is 2.62. The molecule has 1 aromatic carbocycles. The minimum absolute atomic E-state index is 0.0541. The molecule has 3 aliphatic heterocycles. The summed E-state index contributed by atoms with van der Waals surface area (Å²) >= 11 is 7.72. The second-order valence-corrected chi connectivity index (χ2v) is 10.1. The summed E-state index contributed by atoms with van der Waals surface area (Å²) in [4.78, 5) is 6.19. The van der Waals surface area contributed by atoms with Crippen LogP contribution in [0.4, 0.5) is 0 Å². The smallest absolute Gasteiger partial charge is 0.231 e. The van der Waals surface area contributed by atoms with Crippen LogP contribution < -0.4 is 14.2 Å². The van der Waals surface area contributed by atoms with Gasteiger partial charge in [-0.25, -0.2) is 0 Å². The van der Waals surface area contributed by atoms with Crippen molar-refractivity contribution < 1.29 is 19.3 Å². The van der Waals surface area contributed by atoms with Crippen molar-refractivity contribution in [2.24, 2.45) is 11.3 Å². The van der Waals surface area contributed by atoms with Gasteiger partial charge < -0.3 is 19.3 Å². The van der Waals surface area contributed by atoms with E-state index < -0.39 is 0 Å². The van der Waals surface area contributed by atoms with Crippen LogP contribution in [0.1, 0.15) is 10.4 Å². The Morgan fingerprint density at radius 1 is 1.21 bits per heavy atom. The molecule has 3 aliphatic rings. The number of likely N-dealkylation sites (tertiary alicyclic amines) is 2. The topological polar surface area (TPSA) is 54.4 Å². The van der Waals surface area contributed by atoms with Crippen molar-refractivity contribution in [3.05, 3.63) is 39.0 Å². The van der Waals surface area contributed by atoms with Crippen molar-refractivity contribution in [3.8, 4) is 17.2 Å². The molecule has 29 heavy (non-hydrogen) atoms. The van der Waals surface area contributed by atoms with Crippen molar-refractivity contribution in [1.29, 1.82) is 0 Å². The maximum absolute atomic E-state index is 10.3. The highest BCUT2D eigenvalue weighted by atomic mass is 35.5. The Morgan fingerprint density at radius 2 is 2.00 bits per heavy atom. The van der Waals surface area contributed by atoms with Gasteiger partial charge in [-0.1, -0.05) is 11.6 Å². The first-order valence-electron chi connectivity index (χ1n) is 9.85. The molecule has 2 atom stereocenters. The number of ether oxygens (including phenoxy) is 3. The molecule has 156 valence electrons. The maximum atomic E-state index is 10.3. The largest absolute Gasteiger partial charge is 0.493 e. The number of hydrogen-bond donors (Lipinski definition) is 1. The number of rotatable bonds is 6. The van der Waals surface area contributed by atoms with Crippen LogP contribution in [0.2, 0.25) is 4.34 Å². The average Bonchev–Trinajstić information content (AvgIpc) is 3.45. The monoisotopic (exact) mass is 436 g/mol. The van der Waals surface area contributed by atoms with Gasteiger partial charge in [0.25, 0.3) is 0 Å². The fourth-order valence-corrected chi connectivity index (χ4v) is 6.19. The van der Waals surface area contributed by atoms with E-state index >= 15 is 0 Å².